The monoisotopic (exact) mass is 394 g/mol. The Labute approximate surface area is 171 Å². The molecule has 0 radical (unpaired) electrons. The van der Waals surface area contributed by atoms with Gasteiger partial charge in [0.25, 0.3) is 0 Å². The molecule has 1 saturated heterocycles. The van der Waals surface area contributed by atoms with Crippen molar-refractivity contribution in [1.82, 2.24) is 5.32 Å². The molecule has 4 unspecified atom stereocenters. The Morgan fingerprint density at radius 2 is 1.96 bits per heavy atom. The van der Waals surface area contributed by atoms with Crippen molar-refractivity contribution >= 4 is 18.4 Å². The van der Waals surface area contributed by atoms with Crippen molar-refractivity contribution in [2.75, 3.05) is 20.2 Å². The highest BCUT2D eigenvalue weighted by molar-refractivity contribution is 5.85. The summed E-state index contributed by atoms with van der Waals surface area (Å²) >= 11 is 0. The lowest BCUT2D eigenvalue weighted by Gasteiger charge is -2.59. The largest absolute Gasteiger partial charge is 0.469 e. The fourth-order valence-electron chi connectivity index (χ4n) is 6.36. The van der Waals surface area contributed by atoms with E-state index in [0.29, 0.717) is 12.1 Å². The Hall–Kier alpha value is -2.35. The summed E-state index contributed by atoms with van der Waals surface area (Å²) in [5.41, 5.74) is 3.76. The number of methoxy groups -OCH3 is 1. The number of nitrogens with zero attached hydrogens (tertiary/aromatic N) is 1. The summed E-state index contributed by atoms with van der Waals surface area (Å²) in [6.45, 7) is 1.47. The fourth-order valence-corrected chi connectivity index (χ4v) is 6.36. The van der Waals surface area contributed by atoms with Crippen LogP contribution in [0.1, 0.15) is 41.0 Å². The molecular weight excluding hydrogens is 372 g/mol. The molecule has 1 heterocycles. The minimum Gasteiger partial charge on any atom is -0.469 e. The van der Waals surface area contributed by atoms with E-state index >= 15 is 0 Å². The molecule has 4 aliphatic rings. The second-order valence-corrected chi connectivity index (χ2v) is 8.05. The number of ether oxygens (including phenoxy) is 1. The lowest BCUT2D eigenvalue weighted by Crippen LogP contribution is -2.60. The maximum Gasteiger partial charge on any atom is 0.314 e. The van der Waals surface area contributed by atoms with Crippen molar-refractivity contribution < 1.29 is 9.53 Å². The molecule has 4 nitrogen and oxygen atoms in total. The standard InChI is InChI=1S/C23H22N2O2.ClH/c1-27-21(26)23-14-25-13-20(23)22(16-8-6-15(12-24)7-9-16)11-10-19(23)17-4-2-3-5-18(17)22;/h2-9,19-20,25H,10-11,13-14H2,1H3;1H. The minimum atomic E-state index is -0.519. The number of carbonyl (C=O) groups is 1. The molecule has 0 spiro atoms. The van der Waals surface area contributed by atoms with Crippen molar-refractivity contribution in [3.05, 3.63) is 70.8 Å². The first-order chi connectivity index (χ1) is 13.2. The van der Waals surface area contributed by atoms with Gasteiger partial charge in [-0.15, -0.1) is 12.4 Å². The van der Waals surface area contributed by atoms with Crippen LogP contribution in [0.5, 0.6) is 0 Å². The number of benzene rings is 2. The van der Waals surface area contributed by atoms with Gasteiger partial charge in [-0.25, -0.2) is 0 Å². The second kappa shape index (κ2) is 6.62. The van der Waals surface area contributed by atoms with Gasteiger partial charge in [0.15, 0.2) is 0 Å². The summed E-state index contributed by atoms with van der Waals surface area (Å²) in [6, 6.07) is 18.8. The van der Waals surface area contributed by atoms with Gasteiger partial charge >= 0.3 is 5.97 Å². The van der Waals surface area contributed by atoms with E-state index in [1.807, 2.05) is 12.1 Å². The van der Waals surface area contributed by atoms with Crippen LogP contribution in [0, 0.1) is 22.7 Å². The second-order valence-electron chi connectivity index (χ2n) is 8.05. The molecule has 2 fully saturated rings. The summed E-state index contributed by atoms with van der Waals surface area (Å²) in [6.07, 6.45) is 2.00. The summed E-state index contributed by atoms with van der Waals surface area (Å²) in [5, 5.41) is 12.7. The van der Waals surface area contributed by atoms with Gasteiger partial charge in [-0.3, -0.25) is 4.79 Å². The maximum atomic E-state index is 13.1. The SMILES string of the molecule is COC(=O)C12CNCC1C1(c3ccc(C#N)cc3)CCC2c2ccccc21.Cl. The predicted molar refractivity (Wildman–Crippen MR) is 108 cm³/mol. The molecular formula is C23H23ClN2O2. The molecule has 5 heteroatoms. The van der Waals surface area contributed by atoms with E-state index in [1.54, 1.807) is 0 Å². The first-order valence-electron chi connectivity index (χ1n) is 9.57. The Morgan fingerprint density at radius 3 is 2.68 bits per heavy atom. The third-order valence-electron chi connectivity index (χ3n) is 7.34. The van der Waals surface area contributed by atoms with Crippen LogP contribution >= 0.6 is 12.4 Å². The lowest BCUT2D eigenvalue weighted by molar-refractivity contribution is -0.161. The average Bonchev–Trinajstić information content (AvgIpc) is 3.21. The molecule has 2 bridgehead atoms. The van der Waals surface area contributed by atoms with Gasteiger partial charge in [-0.2, -0.15) is 5.26 Å². The molecule has 2 aromatic rings. The van der Waals surface area contributed by atoms with Crippen molar-refractivity contribution in [3.63, 3.8) is 0 Å². The van der Waals surface area contributed by atoms with Crippen LogP contribution in [-0.2, 0) is 14.9 Å². The van der Waals surface area contributed by atoms with Gasteiger partial charge in [0, 0.05) is 30.3 Å². The number of fused-ring (bicyclic) bond motifs is 1. The molecule has 0 amide bonds. The summed E-state index contributed by atoms with van der Waals surface area (Å²) < 4.78 is 5.36. The zero-order valence-electron chi connectivity index (χ0n) is 15.8. The predicted octanol–water partition coefficient (Wildman–Crippen LogP) is 3.54. The number of hydrogen-bond donors (Lipinski definition) is 1. The highest BCUT2D eigenvalue weighted by atomic mass is 35.5. The summed E-state index contributed by atoms with van der Waals surface area (Å²) in [7, 11) is 1.51. The van der Waals surface area contributed by atoms with Crippen LogP contribution in [0.3, 0.4) is 0 Å². The van der Waals surface area contributed by atoms with Crippen LogP contribution in [0.25, 0.3) is 0 Å². The van der Waals surface area contributed by atoms with E-state index < -0.39 is 5.41 Å². The van der Waals surface area contributed by atoms with Gasteiger partial charge in [-0.05, 0) is 41.7 Å². The topological polar surface area (TPSA) is 62.1 Å². The van der Waals surface area contributed by atoms with Crippen LogP contribution < -0.4 is 5.32 Å². The Kier molecular flexibility index (Phi) is 4.49. The lowest BCUT2D eigenvalue weighted by atomic mass is 9.42. The molecule has 2 aromatic carbocycles. The Bertz CT molecular complexity index is 967. The molecule has 4 atom stereocenters. The Morgan fingerprint density at radius 1 is 1.21 bits per heavy atom. The van der Waals surface area contributed by atoms with Crippen molar-refractivity contribution in [3.8, 4) is 6.07 Å². The zero-order valence-corrected chi connectivity index (χ0v) is 16.6. The van der Waals surface area contributed by atoms with Crippen molar-refractivity contribution in [1.29, 1.82) is 5.26 Å². The summed E-state index contributed by atoms with van der Waals surface area (Å²) in [4.78, 5) is 13.1. The number of esters is 1. The quantitative estimate of drug-likeness (QED) is 0.791. The number of nitriles is 1. The van der Waals surface area contributed by atoms with Gasteiger partial charge < -0.3 is 10.1 Å². The highest BCUT2D eigenvalue weighted by Gasteiger charge is 2.69. The van der Waals surface area contributed by atoms with Crippen LogP contribution in [0.15, 0.2) is 48.5 Å². The molecule has 144 valence electrons. The number of rotatable bonds is 2. The van der Waals surface area contributed by atoms with E-state index in [-0.39, 0.29) is 35.6 Å². The van der Waals surface area contributed by atoms with E-state index in [1.165, 1.54) is 23.8 Å². The van der Waals surface area contributed by atoms with E-state index in [4.69, 9.17) is 4.74 Å². The van der Waals surface area contributed by atoms with E-state index in [0.717, 1.165) is 19.4 Å². The van der Waals surface area contributed by atoms with Gasteiger partial charge in [0.05, 0.1) is 24.2 Å². The van der Waals surface area contributed by atoms with Crippen LogP contribution in [0.2, 0.25) is 0 Å². The summed E-state index contributed by atoms with van der Waals surface area (Å²) in [5.74, 6) is 0.259. The third kappa shape index (κ3) is 2.12. The molecule has 0 aromatic heterocycles. The average molecular weight is 395 g/mol. The fraction of sp³-hybridized carbons (Fsp3) is 0.391. The van der Waals surface area contributed by atoms with E-state index in [9.17, 15) is 10.1 Å². The van der Waals surface area contributed by atoms with E-state index in [2.05, 4.69) is 47.8 Å². The third-order valence-corrected chi connectivity index (χ3v) is 7.34. The number of carbonyl (C=O) groups excluding carboxylic acids is 1. The first kappa shape index (κ1) is 19.0. The van der Waals surface area contributed by atoms with Crippen molar-refractivity contribution in [2.45, 2.75) is 24.2 Å². The van der Waals surface area contributed by atoms with Gasteiger partial charge in [0.2, 0.25) is 0 Å². The maximum absolute atomic E-state index is 13.1. The Balaban J connectivity index is 0.00000192. The molecule has 6 rings (SSSR count). The first-order valence-corrected chi connectivity index (χ1v) is 9.57. The van der Waals surface area contributed by atoms with Crippen molar-refractivity contribution in [2.24, 2.45) is 11.3 Å². The normalized spacial score (nSPS) is 31.9. The highest BCUT2D eigenvalue weighted by Crippen LogP contribution is 2.67. The molecule has 28 heavy (non-hydrogen) atoms. The molecule has 1 aliphatic heterocycles. The molecule has 1 saturated carbocycles. The minimum absolute atomic E-state index is 0. The number of halogens is 1. The number of nitrogens with one attached hydrogen (secondary N) is 1. The molecule has 3 aliphatic carbocycles. The van der Waals surface area contributed by atoms with Crippen LogP contribution in [0.4, 0.5) is 0 Å². The number of hydrogen-bond acceptors (Lipinski definition) is 4. The zero-order chi connectivity index (χ0) is 18.6. The van der Waals surface area contributed by atoms with Gasteiger partial charge in [0.1, 0.15) is 0 Å². The smallest absolute Gasteiger partial charge is 0.314 e. The van der Waals surface area contributed by atoms with Crippen LogP contribution in [-0.4, -0.2) is 26.2 Å². The molecule has 1 N–H and O–H groups in total. The van der Waals surface area contributed by atoms with Gasteiger partial charge in [-0.1, -0.05) is 36.4 Å².